The molecule has 0 aromatic heterocycles. The first-order valence-electron chi connectivity index (χ1n) is 12.0. The first-order chi connectivity index (χ1) is 16.6. The van der Waals surface area contributed by atoms with Gasteiger partial charge in [-0.1, -0.05) is 19.3 Å². The second-order valence-electron chi connectivity index (χ2n) is 8.68. The number of hydrogen-bond donors (Lipinski definition) is 3. The second kappa shape index (κ2) is 13.2. The molecule has 1 atom stereocenters. The van der Waals surface area contributed by atoms with Crippen LogP contribution in [-0.2, 0) is 4.79 Å². The van der Waals surface area contributed by atoms with Crippen molar-refractivity contribution in [3.05, 3.63) is 59.7 Å². The van der Waals surface area contributed by atoms with Gasteiger partial charge in [-0.15, -0.1) is 0 Å². The molecule has 1 fully saturated rings. The number of anilines is 1. The van der Waals surface area contributed by atoms with E-state index in [1.54, 1.807) is 31.4 Å². The van der Waals surface area contributed by atoms with Crippen molar-refractivity contribution in [2.24, 2.45) is 11.8 Å². The van der Waals surface area contributed by atoms with Gasteiger partial charge in [0.25, 0.3) is 5.91 Å². The fourth-order valence-electron chi connectivity index (χ4n) is 4.49. The number of ether oxygens (including phenoxy) is 1. The van der Waals surface area contributed by atoms with Gasteiger partial charge in [0, 0.05) is 36.8 Å². The van der Waals surface area contributed by atoms with Crippen LogP contribution in [0.1, 0.15) is 54.4 Å². The van der Waals surface area contributed by atoms with E-state index in [0.717, 1.165) is 37.1 Å². The van der Waals surface area contributed by atoms with E-state index in [1.165, 1.54) is 6.42 Å². The van der Waals surface area contributed by atoms with Crippen LogP contribution in [0.5, 0.6) is 5.75 Å². The van der Waals surface area contributed by atoms with Crippen molar-refractivity contribution in [3.8, 4) is 11.8 Å². The predicted molar refractivity (Wildman–Crippen MR) is 133 cm³/mol. The van der Waals surface area contributed by atoms with Crippen LogP contribution in [0.3, 0.4) is 0 Å². The van der Waals surface area contributed by atoms with E-state index >= 15 is 0 Å². The molecule has 7 nitrogen and oxygen atoms in total. The lowest BCUT2D eigenvalue weighted by molar-refractivity contribution is -0.127. The number of benzene rings is 2. The fourth-order valence-corrected chi connectivity index (χ4v) is 4.49. The predicted octanol–water partition coefficient (Wildman–Crippen LogP) is 4.11. The lowest BCUT2D eigenvalue weighted by Gasteiger charge is -2.29. The largest absolute Gasteiger partial charge is 0.497 e. The molecule has 7 heteroatoms. The molecule has 1 saturated carbocycles. The standard InChI is InChI=1S/C27H34N4O3/c1-34-24-13-11-23(12-14-24)29-17-18-31-27(33)25(21-5-3-2-4-6-21)15-16-30-26(32)22-9-7-20(19-28)8-10-22/h7-14,21,25,29H,2-6,15-18H2,1H3,(H,30,32)(H,31,33). The molecule has 0 spiro atoms. The summed E-state index contributed by atoms with van der Waals surface area (Å²) in [5, 5.41) is 18.2. The Morgan fingerprint density at radius 2 is 1.68 bits per heavy atom. The molecule has 3 N–H and O–H groups in total. The number of carbonyl (C=O) groups is 2. The molecule has 1 aliphatic carbocycles. The smallest absolute Gasteiger partial charge is 0.251 e. The van der Waals surface area contributed by atoms with Gasteiger partial charge in [0.1, 0.15) is 5.75 Å². The van der Waals surface area contributed by atoms with Gasteiger partial charge in [-0.05, 0) is 73.7 Å². The van der Waals surface area contributed by atoms with Crippen LogP contribution in [-0.4, -0.2) is 38.6 Å². The van der Waals surface area contributed by atoms with E-state index < -0.39 is 0 Å². The van der Waals surface area contributed by atoms with Gasteiger partial charge in [0.05, 0.1) is 18.7 Å². The Hall–Kier alpha value is -3.53. The Kier molecular flexibility index (Phi) is 9.78. The van der Waals surface area contributed by atoms with Crippen LogP contribution in [0.15, 0.2) is 48.5 Å². The van der Waals surface area contributed by atoms with Crippen molar-refractivity contribution in [1.82, 2.24) is 10.6 Å². The van der Waals surface area contributed by atoms with Crippen molar-refractivity contribution in [2.75, 3.05) is 32.1 Å². The van der Waals surface area contributed by atoms with Gasteiger partial charge in [-0.2, -0.15) is 5.26 Å². The number of nitriles is 1. The van der Waals surface area contributed by atoms with Gasteiger partial charge in [-0.3, -0.25) is 9.59 Å². The highest BCUT2D eigenvalue weighted by molar-refractivity contribution is 5.94. The summed E-state index contributed by atoms with van der Waals surface area (Å²) in [5.74, 6) is 0.935. The van der Waals surface area contributed by atoms with Crippen molar-refractivity contribution >= 4 is 17.5 Å². The summed E-state index contributed by atoms with van der Waals surface area (Å²) in [6.07, 6.45) is 6.28. The van der Waals surface area contributed by atoms with E-state index in [4.69, 9.17) is 10.00 Å². The highest BCUT2D eigenvalue weighted by Gasteiger charge is 2.29. The molecular formula is C27H34N4O3. The highest BCUT2D eigenvalue weighted by atomic mass is 16.5. The van der Waals surface area contributed by atoms with Gasteiger partial charge in [-0.25, -0.2) is 0 Å². The van der Waals surface area contributed by atoms with E-state index in [-0.39, 0.29) is 17.7 Å². The maximum absolute atomic E-state index is 13.1. The lowest BCUT2D eigenvalue weighted by atomic mass is 9.78. The van der Waals surface area contributed by atoms with Crippen LogP contribution in [0.2, 0.25) is 0 Å². The normalized spacial score (nSPS) is 14.5. The molecule has 0 saturated heterocycles. The zero-order valence-electron chi connectivity index (χ0n) is 19.8. The van der Waals surface area contributed by atoms with Crippen molar-refractivity contribution in [3.63, 3.8) is 0 Å². The summed E-state index contributed by atoms with van der Waals surface area (Å²) in [7, 11) is 1.64. The molecule has 0 aliphatic heterocycles. The van der Waals surface area contributed by atoms with Gasteiger partial charge < -0.3 is 20.7 Å². The summed E-state index contributed by atoms with van der Waals surface area (Å²) in [4.78, 5) is 25.5. The van der Waals surface area contributed by atoms with Crippen LogP contribution in [0.25, 0.3) is 0 Å². The number of rotatable bonds is 11. The fraction of sp³-hybridized carbons (Fsp3) is 0.444. The monoisotopic (exact) mass is 462 g/mol. The average Bonchev–Trinajstić information content (AvgIpc) is 2.89. The third-order valence-electron chi connectivity index (χ3n) is 6.42. The SMILES string of the molecule is COc1ccc(NCCNC(=O)C(CCNC(=O)c2ccc(C#N)cc2)C2CCCCC2)cc1. The molecule has 0 bridgehead atoms. The zero-order chi connectivity index (χ0) is 24.2. The molecule has 2 aromatic carbocycles. The minimum atomic E-state index is -0.184. The van der Waals surface area contributed by atoms with Crippen LogP contribution in [0.4, 0.5) is 5.69 Å². The molecule has 0 radical (unpaired) electrons. The Morgan fingerprint density at radius 3 is 2.32 bits per heavy atom. The van der Waals surface area contributed by atoms with Crippen molar-refractivity contribution < 1.29 is 14.3 Å². The minimum absolute atomic E-state index is 0.0658. The number of nitrogens with zero attached hydrogens (tertiary/aromatic N) is 1. The van der Waals surface area contributed by atoms with E-state index in [1.807, 2.05) is 30.3 Å². The number of carbonyl (C=O) groups excluding carboxylic acids is 2. The quantitative estimate of drug-likeness (QED) is 0.436. The van der Waals surface area contributed by atoms with Crippen molar-refractivity contribution in [2.45, 2.75) is 38.5 Å². The molecule has 3 rings (SSSR count). The van der Waals surface area contributed by atoms with Gasteiger partial charge in [0.15, 0.2) is 0 Å². The number of amides is 2. The van der Waals surface area contributed by atoms with E-state index in [9.17, 15) is 9.59 Å². The minimum Gasteiger partial charge on any atom is -0.497 e. The zero-order valence-corrected chi connectivity index (χ0v) is 19.8. The summed E-state index contributed by atoms with van der Waals surface area (Å²) < 4.78 is 5.17. The van der Waals surface area contributed by atoms with Crippen LogP contribution < -0.4 is 20.7 Å². The Balaban J connectivity index is 1.47. The van der Waals surface area contributed by atoms with Crippen LogP contribution in [0, 0.1) is 23.2 Å². The lowest BCUT2D eigenvalue weighted by Crippen LogP contribution is -2.40. The maximum atomic E-state index is 13.1. The summed E-state index contributed by atoms with van der Waals surface area (Å²) in [6, 6.07) is 16.3. The molecule has 2 amide bonds. The Labute approximate surface area is 201 Å². The second-order valence-corrected chi connectivity index (χ2v) is 8.68. The number of methoxy groups -OCH3 is 1. The Morgan fingerprint density at radius 1 is 0.971 bits per heavy atom. The molecule has 180 valence electrons. The Bertz CT molecular complexity index is 961. The van der Waals surface area contributed by atoms with E-state index in [0.29, 0.717) is 43.1 Å². The average molecular weight is 463 g/mol. The topological polar surface area (TPSA) is 103 Å². The highest BCUT2D eigenvalue weighted by Crippen LogP contribution is 2.32. The molecular weight excluding hydrogens is 428 g/mol. The van der Waals surface area contributed by atoms with Crippen molar-refractivity contribution in [1.29, 1.82) is 5.26 Å². The summed E-state index contributed by atoms with van der Waals surface area (Å²) in [6.45, 7) is 1.61. The molecule has 34 heavy (non-hydrogen) atoms. The molecule has 1 aliphatic rings. The summed E-state index contributed by atoms with van der Waals surface area (Å²) in [5.41, 5.74) is 2.01. The third-order valence-corrected chi connectivity index (χ3v) is 6.42. The van der Waals surface area contributed by atoms with E-state index in [2.05, 4.69) is 16.0 Å². The number of nitrogens with one attached hydrogen (secondary N) is 3. The number of hydrogen-bond acceptors (Lipinski definition) is 5. The van der Waals surface area contributed by atoms with Gasteiger partial charge in [0.2, 0.25) is 5.91 Å². The molecule has 2 aromatic rings. The molecule has 0 heterocycles. The van der Waals surface area contributed by atoms with Gasteiger partial charge >= 0.3 is 0 Å². The first-order valence-corrected chi connectivity index (χ1v) is 12.0. The summed E-state index contributed by atoms with van der Waals surface area (Å²) >= 11 is 0. The maximum Gasteiger partial charge on any atom is 0.251 e. The third kappa shape index (κ3) is 7.51. The van der Waals surface area contributed by atoms with Crippen LogP contribution >= 0.6 is 0 Å². The first kappa shape index (κ1) is 25.1. The molecule has 1 unspecified atom stereocenters.